The first kappa shape index (κ1) is 14.2. The molecule has 1 aromatic rings. The van der Waals surface area contributed by atoms with Gasteiger partial charge in [0, 0.05) is 0 Å². The first-order valence-corrected chi connectivity index (χ1v) is 6.98. The third-order valence-electron chi connectivity index (χ3n) is 2.67. The topological polar surface area (TPSA) is 44.5 Å². The van der Waals surface area contributed by atoms with Gasteiger partial charge in [0.15, 0.2) is 0 Å². The molecule has 0 amide bonds. The number of nitrogens with two attached hydrogens (primary N) is 1. The highest BCUT2D eigenvalue weighted by Crippen LogP contribution is 2.36. The minimum Gasteiger partial charge on any atom is -0.497 e. The van der Waals surface area contributed by atoms with Crippen molar-refractivity contribution in [3.8, 4) is 11.5 Å². The highest BCUT2D eigenvalue weighted by Gasteiger charge is 2.11. The maximum atomic E-state index is 5.52. The molecule has 1 aromatic carbocycles. The fraction of sp³-hybridized carbons (Fsp3) is 0.538. The van der Waals surface area contributed by atoms with Crippen LogP contribution in [-0.2, 0) is 6.42 Å². The van der Waals surface area contributed by atoms with E-state index in [1.807, 2.05) is 12.3 Å². The number of rotatable bonds is 7. The minimum absolute atomic E-state index is 0.738. The Morgan fingerprint density at radius 3 is 2.47 bits per heavy atom. The lowest BCUT2D eigenvalue weighted by atomic mass is 10.1. The van der Waals surface area contributed by atoms with E-state index in [0.717, 1.165) is 42.2 Å². The zero-order valence-electron chi connectivity index (χ0n) is 10.8. The van der Waals surface area contributed by atoms with Gasteiger partial charge in [-0.05, 0) is 49.8 Å². The van der Waals surface area contributed by atoms with E-state index in [9.17, 15) is 0 Å². The number of methoxy groups -OCH3 is 2. The fourth-order valence-electron chi connectivity index (χ4n) is 1.78. The van der Waals surface area contributed by atoms with E-state index in [2.05, 4.69) is 6.07 Å². The van der Waals surface area contributed by atoms with Crippen LogP contribution in [0.4, 0.5) is 0 Å². The van der Waals surface area contributed by atoms with E-state index in [4.69, 9.17) is 15.2 Å². The van der Waals surface area contributed by atoms with Crippen LogP contribution in [0.1, 0.15) is 18.4 Å². The van der Waals surface area contributed by atoms with E-state index in [-0.39, 0.29) is 0 Å². The molecule has 3 nitrogen and oxygen atoms in total. The fourth-order valence-corrected chi connectivity index (χ4v) is 2.41. The first-order valence-electron chi connectivity index (χ1n) is 5.75. The number of hydrogen-bond acceptors (Lipinski definition) is 4. The summed E-state index contributed by atoms with van der Waals surface area (Å²) in [6.07, 6.45) is 5.13. The molecule has 0 saturated heterocycles. The Hall–Kier alpha value is -0.870. The summed E-state index contributed by atoms with van der Waals surface area (Å²) in [5, 5.41) is 0. The van der Waals surface area contributed by atoms with Crippen LogP contribution >= 0.6 is 11.8 Å². The Bertz CT molecular complexity index is 356. The van der Waals surface area contributed by atoms with Gasteiger partial charge in [0.2, 0.25) is 0 Å². The first-order chi connectivity index (χ1) is 8.26. The van der Waals surface area contributed by atoms with Crippen LogP contribution in [0.25, 0.3) is 0 Å². The normalized spacial score (nSPS) is 10.4. The molecule has 0 unspecified atom stereocenters. The van der Waals surface area contributed by atoms with Crippen LogP contribution < -0.4 is 15.2 Å². The molecular formula is C13H21NO2S. The summed E-state index contributed by atoms with van der Waals surface area (Å²) in [6.45, 7) is 0.738. The predicted octanol–water partition coefficient (Wildman–Crippen LogP) is 2.71. The van der Waals surface area contributed by atoms with Gasteiger partial charge in [0.1, 0.15) is 11.5 Å². The molecular weight excluding hydrogens is 234 g/mol. The molecule has 0 aliphatic rings. The summed E-state index contributed by atoms with van der Waals surface area (Å²) < 4.78 is 10.8. The Morgan fingerprint density at radius 1 is 1.18 bits per heavy atom. The molecule has 17 heavy (non-hydrogen) atoms. The lowest BCUT2D eigenvalue weighted by Gasteiger charge is -2.14. The van der Waals surface area contributed by atoms with E-state index in [1.54, 1.807) is 26.0 Å². The van der Waals surface area contributed by atoms with Crippen molar-refractivity contribution in [1.82, 2.24) is 0 Å². The molecule has 0 aromatic heterocycles. The number of aryl methyl sites for hydroxylation is 1. The lowest BCUT2D eigenvalue weighted by molar-refractivity contribution is 0.388. The van der Waals surface area contributed by atoms with Gasteiger partial charge in [-0.25, -0.2) is 0 Å². The molecule has 0 spiro atoms. The van der Waals surface area contributed by atoms with Crippen molar-refractivity contribution >= 4 is 11.8 Å². The van der Waals surface area contributed by atoms with E-state index >= 15 is 0 Å². The van der Waals surface area contributed by atoms with Crippen molar-refractivity contribution in [3.05, 3.63) is 17.7 Å². The second-order valence-corrected chi connectivity index (χ2v) is 4.62. The highest BCUT2D eigenvalue weighted by atomic mass is 32.2. The van der Waals surface area contributed by atoms with Gasteiger partial charge < -0.3 is 15.2 Å². The van der Waals surface area contributed by atoms with Crippen LogP contribution in [0, 0.1) is 0 Å². The smallest absolute Gasteiger partial charge is 0.135 e. The second-order valence-electron chi connectivity index (χ2n) is 3.77. The number of hydrogen-bond donors (Lipinski definition) is 1. The summed E-state index contributed by atoms with van der Waals surface area (Å²) in [7, 11) is 3.41. The van der Waals surface area contributed by atoms with Gasteiger partial charge in [-0.3, -0.25) is 0 Å². The maximum Gasteiger partial charge on any atom is 0.135 e. The van der Waals surface area contributed by atoms with Crippen molar-refractivity contribution in [1.29, 1.82) is 0 Å². The summed E-state index contributed by atoms with van der Waals surface area (Å²) >= 11 is 1.67. The van der Waals surface area contributed by atoms with Crippen LogP contribution in [0.15, 0.2) is 17.0 Å². The second kappa shape index (κ2) is 7.45. The maximum absolute atomic E-state index is 5.52. The molecule has 0 fully saturated rings. The van der Waals surface area contributed by atoms with Crippen molar-refractivity contribution in [3.63, 3.8) is 0 Å². The quantitative estimate of drug-likeness (QED) is 0.601. The number of unbranched alkanes of at least 4 members (excludes halogenated alkanes) is 1. The van der Waals surface area contributed by atoms with Gasteiger partial charge in [0.25, 0.3) is 0 Å². The molecule has 0 aliphatic carbocycles. The van der Waals surface area contributed by atoms with Crippen LogP contribution in [0.3, 0.4) is 0 Å². The number of benzene rings is 1. The van der Waals surface area contributed by atoms with Gasteiger partial charge in [-0.15, -0.1) is 11.8 Å². The van der Waals surface area contributed by atoms with Crippen LogP contribution in [-0.4, -0.2) is 27.0 Å². The molecule has 0 atom stereocenters. The van der Waals surface area contributed by atoms with Gasteiger partial charge in [-0.1, -0.05) is 0 Å². The lowest BCUT2D eigenvalue weighted by Crippen LogP contribution is -2.01. The Kier molecular flexibility index (Phi) is 6.22. The summed E-state index contributed by atoms with van der Waals surface area (Å²) in [6, 6.07) is 4.06. The highest BCUT2D eigenvalue weighted by molar-refractivity contribution is 7.98. The van der Waals surface area contributed by atoms with Crippen LogP contribution in [0.5, 0.6) is 11.5 Å². The molecule has 0 bridgehead atoms. The van der Waals surface area contributed by atoms with Gasteiger partial charge in [0.05, 0.1) is 19.1 Å². The van der Waals surface area contributed by atoms with Crippen molar-refractivity contribution in [2.45, 2.75) is 24.2 Å². The van der Waals surface area contributed by atoms with Crippen molar-refractivity contribution < 1.29 is 9.47 Å². The zero-order valence-corrected chi connectivity index (χ0v) is 11.6. The van der Waals surface area contributed by atoms with Gasteiger partial charge >= 0.3 is 0 Å². The molecule has 0 aliphatic heterocycles. The largest absolute Gasteiger partial charge is 0.497 e. The molecule has 96 valence electrons. The molecule has 0 saturated carbocycles. The van der Waals surface area contributed by atoms with Crippen molar-refractivity contribution in [2.24, 2.45) is 5.73 Å². The number of thioether (sulfide) groups is 1. The molecule has 0 heterocycles. The predicted molar refractivity (Wildman–Crippen MR) is 73.3 cm³/mol. The number of ether oxygens (including phenoxy) is 2. The standard InChI is InChI=1S/C13H21NO2S/c1-15-11-8-10(6-4-5-7-14)13(16-2)12(9-11)17-3/h8-9H,4-7,14H2,1-3H3. The average Bonchev–Trinajstić information content (AvgIpc) is 2.37. The average molecular weight is 255 g/mol. The van der Waals surface area contributed by atoms with E-state index in [0.29, 0.717) is 0 Å². The minimum atomic E-state index is 0.738. The van der Waals surface area contributed by atoms with E-state index < -0.39 is 0 Å². The monoisotopic (exact) mass is 255 g/mol. The summed E-state index contributed by atoms with van der Waals surface area (Å²) in [5.74, 6) is 1.85. The SMILES string of the molecule is COc1cc(CCCCN)c(OC)c(SC)c1. The molecule has 2 N–H and O–H groups in total. The van der Waals surface area contributed by atoms with Gasteiger partial charge in [-0.2, -0.15) is 0 Å². The Labute approximate surface area is 108 Å². The molecule has 4 heteroatoms. The molecule has 1 rings (SSSR count). The third-order valence-corrected chi connectivity index (χ3v) is 3.41. The van der Waals surface area contributed by atoms with E-state index in [1.165, 1.54) is 5.56 Å². The van der Waals surface area contributed by atoms with Crippen molar-refractivity contribution in [2.75, 3.05) is 27.0 Å². The third kappa shape index (κ3) is 3.82. The summed E-state index contributed by atoms with van der Waals surface area (Å²) in [5.41, 5.74) is 6.71. The zero-order chi connectivity index (χ0) is 12.7. The van der Waals surface area contributed by atoms with Crippen LogP contribution in [0.2, 0.25) is 0 Å². The Morgan fingerprint density at radius 2 is 1.94 bits per heavy atom. The Balaban J connectivity index is 2.97. The molecule has 0 radical (unpaired) electrons. The summed E-state index contributed by atoms with van der Waals surface area (Å²) in [4.78, 5) is 1.12.